The molecule has 2 rings (SSSR count). The maximum absolute atomic E-state index is 12.4. The molecule has 0 aliphatic heterocycles. The van der Waals surface area contributed by atoms with Gasteiger partial charge < -0.3 is 10.1 Å². The summed E-state index contributed by atoms with van der Waals surface area (Å²) in [6.07, 6.45) is 1.96. The molecular formula is C19H23N3O3. The third-order valence-corrected chi connectivity index (χ3v) is 3.28. The second kappa shape index (κ2) is 7.79. The third kappa shape index (κ3) is 5.60. The number of nitrogens with zero attached hydrogens (tertiary/aromatic N) is 1. The average Bonchev–Trinajstić information content (AvgIpc) is 2.55. The summed E-state index contributed by atoms with van der Waals surface area (Å²) in [6.45, 7) is 7.37. The van der Waals surface area contributed by atoms with Gasteiger partial charge in [-0.25, -0.2) is 4.79 Å². The maximum Gasteiger partial charge on any atom is 0.412 e. The lowest BCUT2D eigenvalue weighted by molar-refractivity contribution is 0.0635. The summed E-state index contributed by atoms with van der Waals surface area (Å²) in [5, 5.41) is 5.41. The van der Waals surface area contributed by atoms with Gasteiger partial charge in [0, 0.05) is 6.20 Å². The van der Waals surface area contributed by atoms with Crippen molar-refractivity contribution in [2.24, 2.45) is 0 Å². The van der Waals surface area contributed by atoms with Crippen molar-refractivity contribution in [1.29, 1.82) is 0 Å². The van der Waals surface area contributed by atoms with Crippen molar-refractivity contribution in [2.75, 3.05) is 10.6 Å². The van der Waals surface area contributed by atoms with E-state index in [2.05, 4.69) is 15.6 Å². The van der Waals surface area contributed by atoms with Gasteiger partial charge in [-0.15, -0.1) is 0 Å². The Hall–Kier alpha value is -2.89. The Bertz CT molecular complexity index is 749. The van der Waals surface area contributed by atoms with E-state index in [0.29, 0.717) is 17.1 Å². The fraction of sp³-hybridized carbons (Fsp3) is 0.316. The summed E-state index contributed by atoms with van der Waals surface area (Å²) < 4.78 is 5.24. The standard InChI is InChI=1S/C19H23N3O3/c1-5-13-10-11-16(20-12-13)17(23)21-14-8-6-7-9-15(14)22-18(24)25-19(2,3)4/h6-12H,5H2,1-4H3,(H,21,23)(H,22,24). The number of anilines is 2. The highest BCUT2D eigenvalue weighted by Gasteiger charge is 2.18. The first-order valence-corrected chi connectivity index (χ1v) is 8.14. The Morgan fingerprint density at radius 1 is 1.04 bits per heavy atom. The van der Waals surface area contributed by atoms with Crippen LogP contribution in [-0.4, -0.2) is 22.6 Å². The quantitative estimate of drug-likeness (QED) is 0.871. The number of benzene rings is 1. The topological polar surface area (TPSA) is 80.3 Å². The first-order valence-electron chi connectivity index (χ1n) is 8.14. The molecule has 0 aliphatic carbocycles. The Morgan fingerprint density at radius 3 is 2.20 bits per heavy atom. The molecule has 6 heteroatoms. The van der Waals surface area contributed by atoms with Gasteiger partial charge in [0.15, 0.2) is 0 Å². The number of para-hydroxylation sites is 2. The fourth-order valence-electron chi connectivity index (χ4n) is 2.07. The smallest absolute Gasteiger partial charge is 0.412 e. The second-order valence-corrected chi connectivity index (χ2v) is 6.53. The van der Waals surface area contributed by atoms with Gasteiger partial charge >= 0.3 is 6.09 Å². The molecule has 132 valence electrons. The lowest BCUT2D eigenvalue weighted by Gasteiger charge is -2.20. The number of hydrogen-bond donors (Lipinski definition) is 2. The highest BCUT2D eigenvalue weighted by atomic mass is 16.6. The number of hydrogen-bond acceptors (Lipinski definition) is 4. The molecule has 25 heavy (non-hydrogen) atoms. The van der Waals surface area contributed by atoms with E-state index in [0.717, 1.165) is 12.0 Å². The van der Waals surface area contributed by atoms with Gasteiger partial charge in [-0.3, -0.25) is 15.1 Å². The van der Waals surface area contributed by atoms with Crippen LogP contribution in [0.25, 0.3) is 0 Å². The summed E-state index contributed by atoms with van der Waals surface area (Å²) in [5.74, 6) is -0.346. The van der Waals surface area contributed by atoms with Crippen LogP contribution < -0.4 is 10.6 Å². The van der Waals surface area contributed by atoms with Crippen molar-refractivity contribution in [3.05, 3.63) is 53.9 Å². The summed E-state index contributed by atoms with van der Waals surface area (Å²) >= 11 is 0. The van der Waals surface area contributed by atoms with Gasteiger partial charge in [0.2, 0.25) is 0 Å². The number of amides is 2. The number of nitrogens with one attached hydrogen (secondary N) is 2. The minimum Gasteiger partial charge on any atom is -0.444 e. The zero-order valence-electron chi connectivity index (χ0n) is 14.9. The first-order chi connectivity index (χ1) is 11.8. The Balaban J connectivity index is 2.11. The van der Waals surface area contributed by atoms with Crippen LogP contribution in [0.5, 0.6) is 0 Å². The zero-order chi connectivity index (χ0) is 18.4. The molecule has 0 unspecified atom stereocenters. The van der Waals surface area contributed by atoms with Crippen molar-refractivity contribution in [1.82, 2.24) is 4.98 Å². The number of rotatable bonds is 4. The molecule has 0 saturated heterocycles. The van der Waals surface area contributed by atoms with Crippen molar-refractivity contribution in [2.45, 2.75) is 39.7 Å². The van der Waals surface area contributed by atoms with Crippen molar-refractivity contribution in [3.63, 3.8) is 0 Å². The molecule has 0 aliphatic rings. The molecule has 0 radical (unpaired) electrons. The molecule has 1 heterocycles. The van der Waals surface area contributed by atoms with Gasteiger partial charge in [-0.2, -0.15) is 0 Å². The van der Waals surface area contributed by atoms with Crippen LogP contribution in [0.4, 0.5) is 16.2 Å². The van der Waals surface area contributed by atoms with Crippen molar-refractivity contribution in [3.8, 4) is 0 Å². The average molecular weight is 341 g/mol. The van der Waals surface area contributed by atoms with Crippen LogP contribution in [0, 0.1) is 0 Å². The summed E-state index contributed by atoms with van der Waals surface area (Å²) in [7, 11) is 0. The number of pyridine rings is 1. The molecule has 0 spiro atoms. The molecule has 0 fully saturated rings. The van der Waals surface area contributed by atoms with Crippen molar-refractivity contribution < 1.29 is 14.3 Å². The van der Waals surface area contributed by atoms with E-state index < -0.39 is 11.7 Å². The molecule has 2 N–H and O–H groups in total. The van der Waals surface area contributed by atoms with Crippen molar-refractivity contribution >= 4 is 23.4 Å². The Labute approximate surface area is 147 Å². The van der Waals surface area contributed by atoms with Crippen LogP contribution in [0.3, 0.4) is 0 Å². The minimum atomic E-state index is -0.604. The summed E-state index contributed by atoms with van der Waals surface area (Å²) in [6, 6.07) is 10.5. The predicted octanol–water partition coefficient (Wildman–Crippen LogP) is 4.24. The lowest BCUT2D eigenvalue weighted by atomic mass is 10.2. The molecule has 6 nitrogen and oxygen atoms in total. The number of ether oxygens (including phenoxy) is 1. The Morgan fingerprint density at radius 2 is 1.68 bits per heavy atom. The van der Waals surface area contributed by atoms with Crippen LogP contribution in [0.1, 0.15) is 43.7 Å². The molecule has 0 saturated carbocycles. The third-order valence-electron chi connectivity index (χ3n) is 3.28. The van der Waals surface area contributed by atoms with Gasteiger partial charge in [0.1, 0.15) is 11.3 Å². The van der Waals surface area contributed by atoms with E-state index in [-0.39, 0.29) is 5.91 Å². The minimum absolute atomic E-state index is 0.310. The normalized spacial score (nSPS) is 10.9. The number of aromatic nitrogens is 1. The molecule has 1 aromatic carbocycles. The summed E-state index contributed by atoms with van der Waals surface area (Å²) in [4.78, 5) is 28.5. The van der Waals surface area contributed by atoms with Crippen LogP contribution in [0.15, 0.2) is 42.6 Å². The van der Waals surface area contributed by atoms with Crippen LogP contribution >= 0.6 is 0 Å². The van der Waals surface area contributed by atoms with E-state index in [1.165, 1.54) is 0 Å². The number of aryl methyl sites for hydroxylation is 1. The van der Waals surface area contributed by atoms with Crippen LogP contribution in [0.2, 0.25) is 0 Å². The lowest BCUT2D eigenvalue weighted by Crippen LogP contribution is -2.27. The largest absolute Gasteiger partial charge is 0.444 e. The SMILES string of the molecule is CCc1ccc(C(=O)Nc2ccccc2NC(=O)OC(C)(C)C)nc1. The highest BCUT2D eigenvalue weighted by molar-refractivity contribution is 6.05. The van der Waals surface area contributed by atoms with Gasteiger partial charge in [-0.05, 0) is 51.0 Å². The predicted molar refractivity (Wildman–Crippen MR) is 97.9 cm³/mol. The van der Waals surface area contributed by atoms with Gasteiger partial charge in [-0.1, -0.05) is 25.1 Å². The van der Waals surface area contributed by atoms with Gasteiger partial charge in [0.25, 0.3) is 5.91 Å². The van der Waals surface area contributed by atoms with E-state index in [4.69, 9.17) is 4.74 Å². The molecular weight excluding hydrogens is 318 g/mol. The van der Waals surface area contributed by atoms with E-state index in [1.54, 1.807) is 57.3 Å². The van der Waals surface area contributed by atoms with E-state index >= 15 is 0 Å². The molecule has 0 bridgehead atoms. The molecule has 2 aromatic rings. The van der Waals surface area contributed by atoms with E-state index in [9.17, 15) is 9.59 Å². The number of carbonyl (C=O) groups excluding carboxylic acids is 2. The maximum atomic E-state index is 12.4. The molecule has 0 atom stereocenters. The fourth-order valence-corrected chi connectivity index (χ4v) is 2.07. The Kier molecular flexibility index (Phi) is 5.75. The zero-order valence-corrected chi connectivity index (χ0v) is 14.9. The van der Waals surface area contributed by atoms with Gasteiger partial charge in [0.05, 0.1) is 11.4 Å². The monoisotopic (exact) mass is 341 g/mol. The molecule has 1 aromatic heterocycles. The first kappa shape index (κ1) is 18.4. The van der Waals surface area contributed by atoms with E-state index in [1.807, 2.05) is 13.0 Å². The summed E-state index contributed by atoms with van der Waals surface area (Å²) in [5.41, 5.74) is 1.69. The van der Waals surface area contributed by atoms with Crippen LogP contribution in [-0.2, 0) is 11.2 Å². The molecule has 2 amide bonds. The number of carbonyl (C=O) groups is 2. The highest BCUT2D eigenvalue weighted by Crippen LogP contribution is 2.22. The second-order valence-electron chi connectivity index (χ2n) is 6.53.